The highest BCUT2D eigenvalue weighted by molar-refractivity contribution is 5.60. The molecule has 0 amide bonds. The number of hydrogen-bond donors (Lipinski definition) is 0. The molecule has 0 aromatic heterocycles. The van der Waals surface area contributed by atoms with E-state index in [1.54, 1.807) is 0 Å². The summed E-state index contributed by atoms with van der Waals surface area (Å²) in [4.78, 5) is 11.2. The highest BCUT2D eigenvalue weighted by Gasteiger charge is 2.64. The van der Waals surface area contributed by atoms with Crippen LogP contribution < -0.4 is 0 Å². The zero-order valence-corrected chi connectivity index (χ0v) is 20.9. The fraction of sp³-hybridized carbons (Fsp3) is 0.893. The Morgan fingerprint density at radius 1 is 1.00 bits per heavy atom. The van der Waals surface area contributed by atoms with Crippen molar-refractivity contribution in [2.45, 2.75) is 111 Å². The Morgan fingerprint density at radius 2 is 1.74 bits per heavy atom. The summed E-state index contributed by atoms with van der Waals surface area (Å²) in [5, 5.41) is 0. The van der Waals surface area contributed by atoms with Gasteiger partial charge in [-0.05, 0) is 90.8 Å². The number of methoxy groups -OCH3 is 1. The molecule has 0 aromatic carbocycles. The number of epoxide rings is 1. The lowest BCUT2D eigenvalue weighted by atomic mass is 9.43. The van der Waals surface area contributed by atoms with Gasteiger partial charge >= 0.3 is 0 Å². The monoisotopic (exact) mass is 428 g/mol. The Labute approximate surface area is 189 Å². The lowest BCUT2D eigenvalue weighted by molar-refractivity contribution is -0.112. The Hall–Kier alpha value is -0.670. The fourth-order valence-corrected chi connectivity index (χ4v) is 9.87. The molecular weight excluding hydrogens is 384 g/mol. The van der Waals surface area contributed by atoms with Crippen LogP contribution in [0.2, 0.25) is 0 Å². The van der Waals surface area contributed by atoms with Crippen LogP contribution in [0.25, 0.3) is 0 Å². The van der Waals surface area contributed by atoms with Gasteiger partial charge in [0.25, 0.3) is 0 Å². The summed E-state index contributed by atoms with van der Waals surface area (Å²) in [5.74, 6) is 1.86. The summed E-state index contributed by atoms with van der Waals surface area (Å²) in [7, 11) is 1.91. The Morgan fingerprint density at radius 3 is 2.39 bits per heavy atom. The van der Waals surface area contributed by atoms with Gasteiger partial charge in [-0.25, -0.2) is 0 Å². The standard InChI is InChI=1S/C28H44O3/c1-17(24-21(16-29)31-24)18-10-14-28(6)20-8-9-22-25(2,3)23(30-7)12-13-26(22,4)19(20)11-15-27(18,28)5/h16-18,21-24H,8-15H2,1-7H3/t17-,18+,21+,22-,23-,24+,26+,27+,28-/m0/s1. The first-order chi connectivity index (χ1) is 14.5. The lowest BCUT2D eigenvalue weighted by Crippen LogP contribution is -2.55. The fourth-order valence-electron chi connectivity index (χ4n) is 9.87. The molecular formula is C28H44O3. The quantitative estimate of drug-likeness (QED) is 0.297. The molecule has 0 N–H and O–H groups in total. The number of carbonyl (C=O) groups excluding carboxylic acids is 1. The smallest absolute Gasteiger partial charge is 0.151 e. The van der Waals surface area contributed by atoms with Crippen LogP contribution in [0.15, 0.2) is 11.1 Å². The van der Waals surface area contributed by atoms with Crippen molar-refractivity contribution < 1.29 is 14.3 Å². The van der Waals surface area contributed by atoms with Crippen LogP contribution in [0, 0.1) is 39.4 Å². The average Bonchev–Trinajstić information content (AvgIpc) is 3.45. The number of rotatable bonds is 4. The van der Waals surface area contributed by atoms with Crippen LogP contribution in [0.3, 0.4) is 0 Å². The summed E-state index contributed by atoms with van der Waals surface area (Å²) in [6.45, 7) is 15.1. The van der Waals surface area contributed by atoms with Gasteiger partial charge in [-0.2, -0.15) is 0 Å². The van der Waals surface area contributed by atoms with Crippen LogP contribution in [0.4, 0.5) is 0 Å². The van der Waals surface area contributed by atoms with E-state index in [1.165, 1.54) is 51.4 Å². The molecule has 0 radical (unpaired) electrons. The van der Waals surface area contributed by atoms with Gasteiger partial charge in [0.05, 0.1) is 12.2 Å². The summed E-state index contributed by atoms with van der Waals surface area (Å²) in [6.07, 6.45) is 11.6. The number of aldehydes is 1. The van der Waals surface area contributed by atoms with E-state index in [0.717, 1.165) is 12.2 Å². The first kappa shape index (κ1) is 22.1. The topological polar surface area (TPSA) is 38.8 Å². The number of ether oxygens (including phenoxy) is 2. The van der Waals surface area contributed by atoms with Gasteiger partial charge in [0.2, 0.25) is 0 Å². The van der Waals surface area contributed by atoms with Crippen LogP contribution >= 0.6 is 0 Å². The molecule has 5 rings (SSSR count). The Bertz CT molecular complexity index is 798. The van der Waals surface area contributed by atoms with E-state index in [1.807, 2.05) is 18.3 Å². The zero-order chi connectivity index (χ0) is 22.4. The molecule has 31 heavy (non-hydrogen) atoms. The van der Waals surface area contributed by atoms with Crippen molar-refractivity contribution in [1.29, 1.82) is 0 Å². The second-order valence-corrected chi connectivity index (χ2v) is 13.0. The van der Waals surface area contributed by atoms with Gasteiger partial charge < -0.3 is 14.3 Å². The van der Waals surface area contributed by atoms with Crippen molar-refractivity contribution in [3.05, 3.63) is 11.1 Å². The Kier molecular flexibility index (Phi) is 4.94. The molecule has 3 nitrogen and oxygen atoms in total. The van der Waals surface area contributed by atoms with Crippen LogP contribution in [-0.4, -0.2) is 31.7 Å². The largest absolute Gasteiger partial charge is 0.381 e. The molecule has 1 heterocycles. The first-order valence-electron chi connectivity index (χ1n) is 12.9. The third-order valence-electron chi connectivity index (χ3n) is 11.9. The lowest BCUT2D eigenvalue weighted by Gasteiger charge is -2.62. The number of allylic oxidation sites excluding steroid dienone is 2. The van der Waals surface area contributed by atoms with E-state index in [2.05, 4.69) is 41.5 Å². The van der Waals surface area contributed by atoms with E-state index in [0.29, 0.717) is 34.2 Å². The van der Waals surface area contributed by atoms with Gasteiger partial charge in [0, 0.05) is 7.11 Å². The molecule has 9 atom stereocenters. The van der Waals surface area contributed by atoms with Crippen LogP contribution in [0.5, 0.6) is 0 Å². The molecule has 174 valence electrons. The van der Waals surface area contributed by atoms with Crippen LogP contribution in [0.1, 0.15) is 92.9 Å². The molecule has 5 aliphatic rings. The van der Waals surface area contributed by atoms with E-state index >= 15 is 0 Å². The number of carbonyl (C=O) groups is 1. The van der Waals surface area contributed by atoms with Crippen molar-refractivity contribution in [1.82, 2.24) is 0 Å². The van der Waals surface area contributed by atoms with Crippen molar-refractivity contribution in [2.75, 3.05) is 7.11 Å². The van der Waals surface area contributed by atoms with Crippen molar-refractivity contribution in [3.8, 4) is 0 Å². The maximum Gasteiger partial charge on any atom is 0.151 e. The first-order valence-corrected chi connectivity index (χ1v) is 12.9. The van der Waals surface area contributed by atoms with E-state index < -0.39 is 0 Å². The molecule has 4 aliphatic carbocycles. The minimum atomic E-state index is -0.142. The summed E-state index contributed by atoms with van der Waals surface area (Å²) < 4.78 is 11.7. The second kappa shape index (κ2) is 6.92. The predicted molar refractivity (Wildman–Crippen MR) is 124 cm³/mol. The highest BCUT2D eigenvalue weighted by Crippen LogP contribution is 2.72. The van der Waals surface area contributed by atoms with Gasteiger partial charge in [0.1, 0.15) is 6.10 Å². The number of fused-ring (bicyclic) bond motifs is 4. The second-order valence-electron chi connectivity index (χ2n) is 13.0. The van der Waals surface area contributed by atoms with Crippen molar-refractivity contribution in [2.24, 2.45) is 39.4 Å². The molecule has 3 heteroatoms. The van der Waals surface area contributed by atoms with E-state index in [9.17, 15) is 4.79 Å². The highest BCUT2D eigenvalue weighted by atomic mass is 16.6. The summed E-state index contributed by atoms with van der Waals surface area (Å²) >= 11 is 0. The minimum Gasteiger partial charge on any atom is -0.381 e. The van der Waals surface area contributed by atoms with Crippen molar-refractivity contribution in [3.63, 3.8) is 0 Å². The maximum absolute atomic E-state index is 11.2. The zero-order valence-electron chi connectivity index (χ0n) is 20.9. The molecule has 1 saturated heterocycles. The van der Waals surface area contributed by atoms with Gasteiger partial charge in [-0.3, -0.25) is 0 Å². The molecule has 0 bridgehead atoms. The van der Waals surface area contributed by atoms with Gasteiger partial charge in [0.15, 0.2) is 6.29 Å². The number of hydrogen-bond acceptors (Lipinski definition) is 3. The minimum absolute atomic E-state index is 0.142. The van der Waals surface area contributed by atoms with E-state index in [4.69, 9.17) is 9.47 Å². The maximum atomic E-state index is 11.2. The summed E-state index contributed by atoms with van der Waals surface area (Å²) in [6, 6.07) is 0. The van der Waals surface area contributed by atoms with Crippen LogP contribution in [-0.2, 0) is 14.3 Å². The molecule has 0 aromatic rings. The van der Waals surface area contributed by atoms with E-state index in [-0.39, 0.29) is 17.6 Å². The molecule has 0 spiro atoms. The SMILES string of the molecule is CO[C@H]1CC[C@]2(C)C3=C(CC[C@H]2C1(C)C)[C@]1(C)CC[C@H]([C@H](C)[C@H]2O[C@@H]2C=O)[C@@]1(C)CC3. The van der Waals surface area contributed by atoms with Crippen molar-refractivity contribution >= 4 is 6.29 Å². The molecule has 1 aliphatic heterocycles. The van der Waals surface area contributed by atoms with Gasteiger partial charge in [-0.15, -0.1) is 0 Å². The third-order valence-corrected chi connectivity index (χ3v) is 11.9. The van der Waals surface area contributed by atoms with Gasteiger partial charge in [-0.1, -0.05) is 52.7 Å². The molecule has 2 saturated carbocycles. The summed E-state index contributed by atoms with van der Waals surface area (Å²) in [5.41, 5.74) is 4.89. The Balaban J connectivity index is 1.50. The average molecular weight is 429 g/mol. The molecule has 3 fully saturated rings. The normalized spacial score (nSPS) is 51.5. The third kappa shape index (κ3) is 2.75. The predicted octanol–water partition coefficient (Wildman–Crippen LogP) is 6.35. The molecule has 0 unspecified atom stereocenters.